The smallest absolute Gasteiger partial charge is 0.462 e. The molecular weight excluding hydrogens is 1310 g/mol. The molecule has 0 amide bonds. The van der Waals surface area contributed by atoms with E-state index >= 15 is 0 Å². The SMILES string of the molecule is CC/C=C\C/C=C\C/C=C\C/C=C\C/C=C\CC(=O)OCC(COP(=O)(O)OCC(O)COP(=O)(O)OCC(COC(=O)CCCCCCC/C=C\CCCCCCCC)OC(=O)CCCCCCC/C=C\CCCCCCCC)OC(=O)CCCCCCC/C=C\C/C=C\C/C=C\CC. The summed E-state index contributed by atoms with van der Waals surface area (Å²) in [5, 5.41) is 10.6. The van der Waals surface area contributed by atoms with Crippen molar-refractivity contribution < 1.29 is 80.2 Å². The van der Waals surface area contributed by atoms with Crippen LogP contribution in [0.2, 0.25) is 0 Å². The molecule has 100 heavy (non-hydrogen) atoms. The predicted molar refractivity (Wildman–Crippen MR) is 408 cm³/mol. The van der Waals surface area contributed by atoms with Crippen LogP contribution < -0.4 is 0 Å². The van der Waals surface area contributed by atoms with Gasteiger partial charge in [-0.2, -0.15) is 0 Å². The van der Waals surface area contributed by atoms with E-state index in [1.165, 1.54) is 77.0 Å². The minimum absolute atomic E-state index is 0.0533. The summed E-state index contributed by atoms with van der Waals surface area (Å²) in [7, 11) is -9.99. The zero-order chi connectivity index (χ0) is 73.2. The van der Waals surface area contributed by atoms with Crippen molar-refractivity contribution in [2.45, 2.75) is 329 Å². The van der Waals surface area contributed by atoms with Gasteiger partial charge in [0, 0.05) is 19.3 Å². The number of phosphoric ester groups is 2. The van der Waals surface area contributed by atoms with Crippen LogP contribution in [0.4, 0.5) is 0 Å². The van der Waals surface area contributed by atoms with Gasteiger partial charge in [-0.15, -0.1) is 0 Å². The van der Waals surface area contributed by atoms with Crippen LogP contribution in [-0.4, -0.2) is 96.7 Å². The van der Waals surface area contributed by atoms with Crippen molar-refractivity contribution in [2.24, 2.45) is 0 Å². The third-order valence-electron chi connectivity index (χ3n) is 15.9. The van der Waals surface area contributed by atoms with Gasteiger partial charge < -0.3 is 33.8 Å². The Morgan fingerprint density at radius 3 is 0.900 bits per heavy atom. The molecule has 17 nitrogen and oxygen atoms in total. The van der Waals surface area contributed by atoms with E-state index in [0.717, 1.165) is 154 Å². The number of carbonyl (C=O) groups excluding carboxylic acids is 4. The Kier molecular flexibility index (Phi) is 69.5. The number of carbonyl (C=O) groups is 4. The van der Waals surface area contributed by atoms with Gasteiger partial charge in [-0.3, -0.25) is 37.3 Å². The average Bonchev–Trinajstić information content (AvgIpc) is 1.01. The number of esters is 4. The van der Waals surface area contributed by atoms with Crippen LogP contribution in [0.1, 0.15) is 310 Å². The van der Waals surface area contributed by atoms with Crippen molar-refractivity contribution in [3.05, 3.63) is 122 Å². The highest BCUT2D eigenvalue weighted by atomic mass is 31.2. The first-order valence-corrected chi connectivity index (χ1v) is 41.8. The summed E-state index contributed by atoms with van der Waals surface area (Å²) in [6.45, 7) is 4.50. The van der Waals surface area contributed by atoms with E-state index in [1.807, 2.05) is 18.2 Å². The summed E-state index contributed by atoms with van der Waals surface area (Å²) in [5.41, 5.74) is 0. The van der Waals surface area contributed by atoms with Gasteiger partial charge in [0.1, 0.15) is 19.3 Å². The van der Waals surface area contributed by atoms with Crippen LogP contribution in [0.15, 0.2) is 122 Å². The largest absolute Gasteiger partial charge is 0.472 e. The predicted octanol–water partition coefficient (Wildman–Crippen LogP) is 22.3. The molecule has 0 radical (unpaired) electrons. The fourth-order valence-corrected chi connectivity index (χ4v) is 11.6. The summed E-state index contributed by atoms with van der Waals surface area (Å²) in [4.78, 5) is 72.8. The molecule has 0 aliphatic heterocycles. The average molecular weight is 1450 g/mol. The maximum atomic E-state index is 13.1. The zero-order valence-corrected chi connectivity index (χ0v) is 64.4. The molecule has 5 atom stereocenters. The Hall–Kier alpha value is -4.54. The van der Waals surface area contributed by atoms with E-state index in [1.54, 1.807) is 6.08 Å². The number of allylic oxidation sites excluding steroid dienone is 19. The Morgan fingerprint density at radius 1 is 0.300 bits per heavy atom. The monoisotopic (exact) mass is 1440 g/mol. The lowest BCUT2D eigenvalue weighted by molar-refractivity contribution is -0.161. The van der Waals surface area contributed by atoms with Crippen molar-refractivity contribution >= 4 is 39.5 Å². The molecule has 3 N–H and O–H groups in total. The van der Waals surface area contributed by atoms with E-state index in [4.69, 9.17) is 37.0 Å². The van der Waals surface area contributed by atoms with Gasteiger partial charge in [-0.05, 0) is 135 Å². The number of unbranched alkanes of at least 4 members (excludes halogenated alkanes) is 27. The molecule has 19 heteroatoms. The van der Waals surface area contributed by atoms with Crippen LogP contribution >= 0.6 is 15.6 Å². The molecule has 0 aliphatic rings. The van der Waals surface area contributed by atoms with Gasteiger partial charge in [-0.1, -0.05) is 271 Å². The highest BCUT2D eigenvalue weighted by molar-refractivity contribution is 7.47. The van der Waals surface area contributed by atoms with E-state index in [0.29, 0.717) is 25.7 Å². The maximum absolute atomic E-state index is 13.1. The number of aliphatic hydroxyl groups excluding tert-OH is 1. The first-order chi connectivity index (χ1) is 48.7. The molecule has 0 heterocycles. The number of phosphoric acid groups is 2. The first kappa shape index (κ1) is 95.5. The Bertz CT molecular complexity index is 2370. The van der Waals surface area contributed by atoms with Crippen LogP contribution in [0.25, 0.3) is 0 Å². The standard InChI is InChI=1S/C81H138O17P2/c1-5-9-13-17-21-25-29-33-37-41-45-49-53-57-61-65-78(83)91-71-76(97-80(85)67-63-59-55-51-47-43-39-35-31-27-23-19-15-11-7-3)73-95-99(87,88)93-69-75(82)70-94-100(89,90)96-74-77(98-81(86)68-64-60-56-52-48-44-40-36-32-28-24-20-16-12-8-4)72-92-79(84)66-62-58-54-50-46-42-38-34-30-26-22-18-14-10-6-2/h9,11,13,15,21,23,25,27,33-40,45,49,57,61,75-77,82H,5-8,10,12,14,16-20,22,24,26,28-32,41-44,46-48,50-56,58-60,62-74H2,1-4H3,(H,87,88)(H,89,90)/b13-9-,15-11-,25-21-,27-23-,37-33-,38-34-,39-35-,40-36-,49-45-,61-57-. The Labute approximate surface area is 606 Å². The molecule has 0 bridgehead atoms. The van der Waals surface area contributed by atoms with Crippen LogP contribution in [0, 0.1) is 0 Å². The van der Waals surface area contributed by atoms with E-state index < -0.39 is 97.5 Å². The number of hydrogen-bond acceptors (Lipinski definition) is 15. The molecule has 0 rings (SSSR count). The second-order valence-electron chi connectivity index (χ2n) is 25.5. The second kappa shape index (κ2) is 72.8. The molecule has 0 saturated heterocycles. The molecule has 0 aromatic rings. The summed E-state index contributed by atoms with van der Waals surface area (Å²) in [6, 6.07) is 0. The fraction of sp³-hybridized carbons (Fsp3) is 0.704. The van der Waals surface area contributed by atoms with E-state index in [-0.39, 0.29) is 25.7 Å². The molecule has 5 unspecified atom stereocenters. The highest BCUT2D eigenvalue weighted by Crippen LogP contribution is 2.45. The lowest BCUT2D eigenvalue weighted by Gasteiger charge is -2.21. The Balaban J connectivity index is 5.44. The van der Waals surface area contributed by atoms with Crippen molar-refractivity contribution in [1.82, 2.24) is 0 Å². The van der Waals surface area contributed by atoms with Gasteiger partial charge in [0.15, 0.2) is 12.2 Å². The summed E-state index contributed by atoms with van der Waals surface area (Å²) >= 11 is 0. The minimum atomic E-state index is -5.00. The third kappa shape index (κ3) is 71.8. The molecule has 574 valence electrons. The normalized spacial score (nSPS) is 14.6. The molecule has 0 aromatic heterocycles. The lowest BCUT2D eigenvalue weighted by Crippen LogP contribution is -2.30. The third-order valence-corrected chi connectivity index (χ3v) is 17.8. The quantitative estimate of drug-likeness (QED) is 0.0169. The van der Waals surface area contributed by atoms with Crippen molar-refractivity contribution in [1.29, 1.82) is 0 Å². The van der Waals surface area contributed by atoms with Gasteiger partial charge in [-0.25, -0.2) is 9.13 Å². The van der Waals surface area contributed by atoms with Gasteiger partial charge in [0.2, 0.25) is 0 Å². The number of hydrogen-bond donors (Lipinski definition) is 3. The summed E-state index contributed by atoms with van der Waals surface area (Å²) in [5.74, 6) is -2.36. The molecule has 0 aliphatic carbocycles. The van der Waals surface area contributed by atoms with Gasteiger partial charge in [0.05, 0.1) is 32.8 Å². The van der Waals surface area contributed by atoms with E-state index in [2.05, 4.69) is 125 Å². The van der Waals surface area contributed by atoms with Crippen molar-refractivity contribution in [3.63, 3.8) is 0 Å². The van der Waals surface area contributed by atoms with Crippen LogP contribution in [-0.2, 0) is 65.4 Å². The maximum Gasteiger partial charge on any atom is 0.472 e. The molecular formula is C81H138O17P2. The first-order valence-electron chi connectivity index (χ1n) is 38.8. The van der Waals surface area contributed by atoms with Gasteiger partial charge >= 0.3 is 39.5 Å². The number of rotatable bonds is 72. The molecule has 0 spiro atoms. The van der Waals surface area contributed by atoms with Crippen LogP contribution in [0.3, 0.4) is 0 Å². The second-order valence-corrected chi connectivity index (χ2v) is 28.5. The minimum Gasteiger partial charge on any atom is -0.462 e. The van der Waals surface area contributed by atoms with Gasteiger partial charge in [0.25, 0.3) is 0 Å². The summed E-state index contributed by atoms with van der Waals surface area (Å²) < 4.78 is 68.4. The number of ether oxygens (including phenoxy) is 4. The lowest BCUT2D eigenvalue weighted by atomic mass is 10.1. The number of aliphatic hydroxyl groups is 1. The van der Waals surface area contributed by atoms with Crippen LogP contribution in [0.5, 0.6) is 0 Å². The molecule has 0 aromatic carbocycles. The van der Waals surface area contributed by atoms with E-state index in [9.17, 15) is 43.2 Å². The molecule has 0 fully saturated rings. The summed E-state index contributed by atoms with van der Waals surface area (Å²) in [6.07, 6.45) is 79.3. The van der Waals surface area contributed by atoms with Crippen molar-refractivity contribution in [2.75, 3.05) is 39.6 Å². The topological polar surface area (TPSA) is 237 Å². The zero-order valence-electron chi connectivity index (χ0n) is 62.6. The van der Waals surface area contributed by atoms with Crippen molar-refractivity contribution in [3.8, 4) is 0 Å². The fourth-order valence-electron chi connectivity index (χ4n) is 10.1. The molecule has 0 saturated carbocycles. The Morgan fingerprint density at radius 2 is 0.560 bits per heavy atom. The highest BCUT2D eigenvalue weighted by Gasteiger charge is 2.30.